The van der Waals surface area contributed by atoms with E-state index in [9.17, 15) is 9.90 Å². The van der Waals surface area contributed by atoms with Crippen LogP contribution < -0.4 is 5.32 Å². The molecular weight excluding hydrogens is 338 g/mol. The van der Waals surface area contributed by atoms with Crippen LogP contribution >= 0.6 is 0 Å². The number of carboxylic acid groups (broad SMARTS) is 1. The summed E-state index contributed by atoms with van der Waals surface area (Å²) in [4.78, 5) is 15.4. The molecule has 0 amide bonds. The van der Waals surface area contributed by atoms with E-state index in [0.29, 0.717) is 24.2 Å². The summed E-state index contributed by atoms with van der Waals surface area (Å²) in [5, 5.41) is 13.0. The minimum Gasteiger partial charge on any atom is -0.477 e. The van der Waals surface area contributed by atoms with Crippen LogP contribution in [0.1, 0.15) is 28.7 Å². The summed E-state index contributed by atoms with van der Waals surface area (Å²) >= 11 is 0. The molecule has 0 aliphatic heterocycles. The van der Waals surface area contributed by atoms with Gasteiger partial charge in [0.1, 0.15) is 5.69 Å². The van der Waals surface area contributed by atoms with E-state index in [0.717, 1.165) is 16.9 Å². The average Bonchev–Trinajstić information content (AvgIpc) is 2.99. The van der Waals surface area contributed by atoms with E-state index < -0.39 is 5.97 Å². The Balaban J connectivity index is 1.93. The van der Waals surface area contributed by atoms with Gasteiger partial charge < -0.3 is 15.0 Å². The van der Waals surface area contributed by atoms with Crippen molar-refractivity contribution in [2.45, 2.75) is 19.9 Å². The largest absolute Gasteiger partial charge is 0.477 e. The molecule has 1 aromatic heterocycles. The third-order valence-electron chi connectivity index (χ3n) is 4.65. The van der Waals surface area contributed by atoms with Gasteiger partial charge in [-0.2, -0.15) is 0 Å². The fraction of sp³-hybridized carbons (Fsp3) is 0.182. The van der Waals surface area contributed by atoms with Crippen molar-refractivity contribution in [1.29, 1.82) is 0 Å². The summed E-state index contributed by atoms with van der Waals surface area (Å²) in [5.41, 5.74) is 4.66. The second-order valence-corrected chi connectivity index (χ2v) is 6.26. The minimum atomic E-state index is -1.02. The molecule has 2 aromatic carbocycles. The molecule has 5 nitrogen and oxygen atoms in total. The maximum atomic E-state index is 11.8. The first-order chi connectivity index (χ1) is 13.1. The summed E-state index contributed by atoms with van der Waals surface area (Å²) in [6.07, 6.45) is 0.602. The second kappa shape index (κ2) is 7.79. The number of benzene rings is 2. The topological polar surface area (TPSA) is 58.6 Å². The predicted octanol–water partition coefficient (Wildman–Crippen LogP) is 5.12. The molecule has 0 radical (unpaired) electrons. The quantitative estimate of drug-likeness (QED) is 0.601. The number of rotatable bonds is 6. The third kappa shape index (κ3) is 3.56. The molecular formula is C22H21N3O2. The number of carbonyl (C=O) groups is 1. The monoisotopic (exact) mass is 359 g/mol. The SMILES string of the molecule is [C-]#[N+]c1c(-c2ccc(NCc3ccccc3)cc2)c(C(=O)O)n(C)c1CC. The van der Waals surface area contributed by atoms with Crippen molar-refractivity contribution < 1.29 is 9.90 Å². The third-order valence-corrected chi connectivity index (χ3v) is 4.65. The Bertz CT molecular complexity index is 997. The maximum Gasteiger partial charge on any atom is 0.351 e. The molecule has 0 aliphatic carbocycles. The Morgan fingerprint density at radius 3 is 2.37 bits per heavy atom. The highest BCUT2D eigenvalue weighted by molar-refractivity contribution is 6.00. The van der Waals surface area contributed by atoms with E-state index in [2.05, 4.69) is 22.3 Å². The fourth-order valence-corrected chi connectivity index (χ4v) is 3.32. The molecule has 5 heteroatoms. The van der Waals surface area contributed by atoms with Crippen LogP contribution in [0.4, 0.5) is 11.4 Å². The van der Waals surface area contributed by atoms with Crippen molar-refractivity contribution in [3.63, 3.8) is 0 Å². The zero-order valence-electron chi connectivity index (χ0n) is 15.4. The van der Waals surface area contributed by atoms with Crippen molar-refractivity contribution in [3.8, 4) is 11.1 Å². The van der Waals surface area contributed by atoms with Crippen molar-refractivity contribution in [1.82, 2.24) is 4.57 Å². The van der Waals surface area contributed by atoms with Crippen LogP contribution in [0.5, 0.6) is 0 Å². The Morgan fingerprint density at radius 1 is 1.15 bits per heavy atom. The van der Waals surface area contributed by atoms with E-state index >= 15 is 0 Å². The zero-order valence-corrected chi connectivity index (χ0v) is 15.4. The smallest absolute Gasteiger partial charge is 0.351 e. The van der Waals surface area contributed by atoms with Gasteiger partial charge in [-0.3, -0.25) is 0 Å². The minimum absolute atomic E-state index is 0.155. The van der Waals surface area contributed by atoms with E-state index in [1.165, 1.54) is 5.56 Å². The Morgan fingerprint density at radius 2 is 1.81 bits per heavy atom. The summed E-state index contributed by atoms with van der Waals surface area (Å²) in [6, 6.07) is 17.6. The van der Waals surface area contributed by atoms with Gasteiger partial charge in [-0.15, -0.1) is 0 Å². The Labute approximate surface area is 158 Å². The molecule has 0 saturated heterocycles. The first-order valence-corrected chi connectivity index (χ1v) is 8.77. The molecule has 0 atom stereocenters. The van der Waals surface area contributed by atoms with Crippen LogP contribution in [0.2, 0.25) is 0 Å². The summed E-state index contributed by atoms with van der Waals surface area (Å²) in [7, 11) is 1.70. The zero-order chi connectivity index (χ0) is 19.4. The molecule has 0 aliphatic rings. The molecule has 3 rings (SSSR count). The van der Waals surface area contributed by atoms with Crippen LogP contribution in [0.25, 0.3) is 16.0 Å². The van der Waals surface area contributed by atoms with Crippen molar-refractivity contribution in [2.24, 2.45) is 7.05 Å². The van der Waals surface area contributed by atoms with Crippen molar-refractivity contribution in [3.05, 3.63) is 83.0 Å². The molecule has 136 valence electrons. The van der Waals surface area contributed by atoms with Gasteiger partial charge in [0.15, 0.2) is 0 Å². The van der Waals surface area contributed by atoms with Crippen LogP contribution in [-0.2, 0) is 20.0 Å². The molecule has 0 fully saturated rings. The molecule has 27 heavy (non-hydrogen) atoms. The van der Waals surface area contributed by atoms with E-state index in [4.69, 9.17) is 6.57 Å². The lowest BCUT2D eigenvalue weighted by Crippen LogP contribution is -2.07. The normalized spacial score (nSPS) is 10.4. The number of carboxylic acids is 1. The summed E-state index contributed by atoms with van der Waals surface area (Å²) in [6.45, 7) is 10.2. The van der Waals surface area contributed by atoms with Gasteiger partial charge >= 0.3 is 5.97 Å². The summed E-state index contributed by atoms with van der Waals surface area (Å²) < 4.78 is 1.62. The van der Waals surface area contributed by atoms with Crippen LogP contribution in [0, 0.1) is 6.57 Å². The lowest BCUT2D eigenvalue weighted by Gasteiger charge is -2.09. The fourth-order valence-electron chi connectivity index (χ4n) is 3.32. The highest BCUT2D eigenvalue weighted by Gasteiger charge is 2.25. The van der Waals surface area contributed by atoms with Gasteiger partial charge in [0.25, 0.3) is 0 Å². The number of nitrogens with one attached hydrogen (secondary N) is 1. The molecule has 0 spiro atoms. The van der Waals surface area contributed by atoms with Crippen molar-refractivity contribution in [2.75, 3.05) is 5.32 Å². The maximum absolute atomic E-state index is 11.8. The lowest BCUT2D eigenvalue weighted by atomic mass is 10.0. The number of aromatic carboxylic acids is 1. The average molecular weight is 359 g/mol. The van der Waals surface area contributed by atoms with Gasteiger partial charge in [0.2, 0.25) is 5.69 Å². The number of aromatic nitrogens is 1. The standard InChI is InChI=1S/C22H21N3O2/c1-4-18-20(23-2)19(21(22(26)27)25(18)3)16-10-12-17(13-11-16)24-14-15-8-6-5-7-9-15/h5-13,24H,4,14H2,1,3H3,(H,26,27). The Hall–Kier alpha value is -3.52. The predicted molar refractivity (Wildman–Crippen MR) is 107 cm³/mol. The van der Waals surface area contributed by atoms with E-state index in [1.54, 1.807) is 11.6 Å². The van der Waals surface area contributed by atoms with E-state index in [-0.39, 0.29) is 5.69 Å². The molecule has 1 heterocycles. The van der Waals surface area contributed by atoms with Gasteiger partial charge in [0, 0.05) is 30.5 Å². The van der Waals surface area contributed by atoms with Gasteiger partial charge in [0.05, 0.1) is 6.57 Å². The van der Waals surface area contributed by atoms with Gasteiger partial charge in [-0.1, -0.05) is 49.4 Å². The number of hydrogen-bond donors (Lipinski definition) is 2. The van der Waals surface area contributed by atoms with Gasteiger partial charge in [-0.25, -0.2) is 9.64 Å². The second-order valence-electron chi connectivity index (χ2n) is 6.26. The molecule has 3 aromatic rings. The van der Waals surface area contributed by atoms with Crippen molar-refractivity contribution >= 4 is 17.3 Å². The first kappa shape index (κ1) is 18.3. The van der Waals surface area contributed by atoms with E-state index in [1.807, 2.05) is 49.4 Å². The molecule has 2 N–H and O–H groups in total. The highest BCUT2D eigenvalue weighted by Crippen LogP contribution is 2.39. The highest BCUT2D eigenvalue weighted by atomic mass is 16.4. The molecule has 0 saturated carbocycles. The summed E-state index contributed by atoms with van der Waals surface area (Å²) in [5.74, 6) is -1.02. The van der Waals surface area contributed by atoms with Crippen LogP contribution in [0.3, 0.4) is 0 Å². The van der Waals surface area contributed by atoms with Gasteiger partial charge in [-0.05, 0) is 29.7 Å². The van der Waals surface area contributed by atoms with Crippen LogP contribution in [-0.4, -0.2) is 15.6 Å². The molecule has 0 unspecified atom stereocenters. The Kier molecular flexibility index (Phi) is 5.28. The molecule has 0 bridgehead atoms. The number of anilines is 1. The number of nitrogens with zero attached hydrogens (tertiary/aromatic N) is 2. The first-order valence-electron chi connectivity index (χ1n) is 8.77. The number of hydrogen-bond acceptors (Lipinski definition) is 2. The lowest BCUT2D eigenvalue weighted by molar-refractivity contribution is 0.0687. The van der Waals surface area contributed by atoms with Crippen LogP contribution in [0.15, 0.2) is 54.6 Å².